The first-order chi connectivity index (χ1) is 10.2. The second-order valence-corrected chi connectivity index (χ2v) is 5.44. The lowest BCUT2D eigenvalue weighted by atomic mass is 10.2. The highest BCUT2D eigenvalue weighted by Crippen LogP contribution is 2.12. The van der Waals surface area contributed by atoms with Crippen LogP contribution in [0.3, 0.4) is 0 Å². The molecular weight excluding hydrogens is 284 g/mol. The number of anilines is 1. The molecule has 1 aromatic heterocycles. The fraction of sp³-hybridized carbons (Fsp3) is 0.438. The van der Waals surface area contributed by atoms with E-state index in [1.54, 1.807) is 0 Å². The van der Waals surface area contributed by atoms with E-state index in [9.17, 15) is 0 Å². The molecule has 0 radical (unpaired) electrons. The fourth-order valence-electron chi connectivity index (χ4n) is 2.17. The van der Waals surface area contributed by atoms with Gasteiger partial charge >= 0.3 is 0 Å². The zero-order valence-corrected chi connectivity index (χ0v) is 13.5. The highest BCUT2D eigenvalue weighted by Gasteiger charge is 2.02. The maximum Gasteiger partial charge on any atom is 0.0729 e. The van der Waals surface area contributed by atoms with Gasteiger partial charge in [0, 0.05) is 24.3 Å². The average molecular weight is 307 g/mol. The number of hydrogen-bond acceptors (Lipinski definition) is 3. The number of likely N-dealkylation sites (N-methyl/N-ethyl adjacent to an activating group) is 1. The first-order valence-corrected chi connectivity index (χ1v) is 7.82. The van der Waals surface area contributed by atoms with Gasteiger partial charge in [0.15, 0.2) is 0 Å². The lowest BCUT2D eigenvalue weighted by molar-refractivity contribution is 0.285. The number of nitrogens with zero attached hydrogens (tertiary/aromatic N) is 3. The molecule has 0 spiro atoms. The van der Waals surface area contributed by atoms with Crippen molar-refractivity contribution in [1.82, 2.24) is 14.7 Å². The summed E-state index contributed by atoms with van der Waals surface area (Å²) < 4.78 is 1.99. The van der Waals surface area contributed by atoms with Crippen molar-refractivity contribution < 1.29 is 0 Å². The Morgan fingerprint density at radius 1 is 1.19 bits per heavy atom. The molecule has 0 atom stereocenters. The van der Waals surface area contributed by atoms with E-state index < -0.39 is 0 Å². The Balaban J connectivity index is 1.81. The van der Waals surface area contributed by atoms with Gasteiger partial charge in [-0.05, 0) is 30.8 Å². The minimum absolute atomic E-state index is 0.767. The Bertz CT molecular complexity index is 531. The second kappa shape index (κ2) is 8.05. The molecule has 0 saturated carbocycles. The van der Waals surface area contributed by atoms with Crippen molar-refractivity contribution in [3.63, 3.8) is 0 Å². The third kappa shape index (κ3) is 5.06. The summed E-state index contributed by atoms with van der Waals surface area (Å²) >= 11 is 5.88. The molecule has 0 saturated heterocycles. The van der Waals surface area contributed by atoms with Gasteiger partial charge in [0.05, 0.1) is 18.4 Å². The van der Waals surface area contributed by atoms with Crippen molar-refractivity contribution in [1.29, 1.82) is 0 Å². The predicted octanol–water partition coefficient (Wildman–Crippen LogP) is 3.49. The monoisotopic (exact) mass is 306 g/mol. The van der Waals surface area contributed by atoms with E-state index in [2.05, 4.69) is 35.4 Å². The SMILES string of the molecule is CCN(CC)CCn1cc(NCc2ccc(Cl)cc2)cn1. The molecule has 1 aromatic carbocycles. The molecule has 0 aliphatic heterocycles. The molecule has 21 heavy (non-hydrogen) atoms. The molecule has 5 heteroatoms. The number of aromatic nitrogens is 2. The van der Waals surface area contributed by atoms with Crippen LogP contribution in [0.1, 0.15) is 19.4 Å². The number of nitrogens with one attached hydrogen (secondary N) is 1. The number of halogens is 1. The molecule has 0 amide bonds. The maximum atomic E-state index is 5.88. The van der Waals surface area contributed by atoms with Crippen molar-refractivity contribution in [2.45, 2.75) is 26.9 Å². The van der Waals surface area contributed by atoms with Gasteiger partial charge in [-0.2, -0.15) is 5.10 Å². The van der Waals surface area contributed by atoms with Crippen molar-refractivity contribution in [3.8, 4) is 0 Å². The highest BCUT2D eigenvalue weighted by molar-refractivity contribution is 6.30. The Labute approximate surface area is 131 Å². The summed E-state index contributed by atoms with van der Waals surface area (Å²) in [5, 5.41) is 8.53. The van der Waals surface area contributed by atoms with Gasteiger partial charge in [-0.1, -0.05) is 37.6 Å². The zero-order valence-electron chi connectivity index (χ0n) is 12.7. The quantitative estimate of drug-likeness (QED) is 0.810. The van der Waals surface area contributed by atoms with Crippen LogP contribution in [-0.2, 0) is 13.1 Å². The summed E-state index contributed by atoms with van der Waals surface area (Å²) in [5.74, 6) is 0. The normalized spacial score (nSPS) is 11.0. The van der Waals surface area contributed by atoms with Gasteiger partial charge in [0.1, 0.15) is 0 Å². The van der Waals surface area contributed by atoms with Gasteiger partial charge in [-0.25, -0.2) is 0 Å². The summed E-state index contributed by atoms with van der Waals surface area (Å²) in [4.78, 5) is 2.39. The van der Waals surface area contributed by atoms with Gasteiger partial charge in [0.2, 0.25) is 0 Å². The fourth-order valence-corrected chi connectivity index (χ4v) is 2.29. The average Bonchev–Trinajstić information content (AvgIpc) is 2.96. The third-order valence-corrected chi connectivity index (χ3v) is 3.83. The molecule has 4 nitrogen and oxygen atoms in total. The van der Waals surface area contributed by atoms with E-state index in [1.807, 2.05) is 35.1 Å². The number of hydrogen-bond donors (Lipinski definition) is 1. The standard InChI is InChI=1S/C16H23ClN4/c1-3-20(4-2)9-10-21-13-16(12-19-21)18-11-14-5-7-15(17)8-6-14/h5-8,12-13,18H,3-4,9-11H2,1-2H3. The zero-order chi connectivity index (χ0) is 15.1. The molecule has 2 aromatic rings. The summed E-state index contributed by atoms with van der Waals surface area (Å²) in [6.45, 7) is 9.27. The lowest BCUT2D eigenvalue weighted by Gasteiger charge is -2.17. The Morgan fingerprint density at radius 2 is 1.90 bits per heavy atom. The van der Waals surface area contributed by atoms with Crippen LogP contribution in [0, 0.1) is 0 Å². The molecule has 114 valence electrons. The van der Waals surface area contributed by atoms with Crippen LogP contribution in [0.15, 0.2) is 36.7 Å². The molecule has 0 fully saturated rings. The molecule has 0 aliphatic carbocycles. The van der Waals surface area contributed by atoms with Crippen molar-refractivity contribution in [2.75, 3.05) is 25.0 Å². The highest BCUT2D eigenvalue weighted by atomic mass is 35.5. The maximum absolute atomic E-state index is 5.88. The Hall–Kier alpha value is -1.52. The van der Waals surface area contributed by atoms with Gasteiger partial charge in [0.25, 0.3) is 0 Å². The van der Waals surface area contributed by atoms with E-state index in [0.717, 1.165) is 43.4 Å². The smallest absolute Gasteiger partial charge is 0.0729 e. The molecule has 0 bridgehead atoms. The first kappa shape index (κ1) is 15.9. The van der Waals surface area contributed by atoms with Crippen molar-refractivity contribution in [3.05, 3.63) is 47.2 Å². The van der Waals surface area contributed by atoms with E-state index in [4.69, 9.17) is 11.6 Å². The van der Waals surface area contributed by atoms with Crippen LogP contribution in [0.25, 0.3) is 0 Å². The Kier molecular flexibility index (Phi) is 6.08. The topological polar surface area (TPSA) is 33.1 Å². The van der Waals surface area contributed by atoms with E-state index in [-0.39, 0.29) is 0 Å². The van der Waals surface area contributed by atoms with Crippen molar-refractivity contribution in [2.24, 2.45) is 0 Å². The molecule has 1 N–H and O–H groups in total. The summed E-state index contributed by atoms with van der Waals surface area (Å²) in [6.07, 6.45) is 3.93. The minimum atomic E-state index is 0.767. The van der Waals surface area contributed by atoms with Gasteiger partial charge in [-0.15, -0.1) is 0 Å². The lowest BCUT2D eigenvalue weighted by Crippen LogP contribution is -2.27. The van der Waals surface area contributed by atoms with Crippen LogP contribution in [0.5, 0.6) is 0 Å². The van der Waals surface area contributed by atoms with Crippen LogP contribution in [0.4, 0.5) is 5.69 Å². The van der Waals surface area contributed by atoms with E-state index in [0.29, 0.717) is 0 Å². The number of benzene rings is 1. The summed E-state index contributed by atoms with van der Waals surface area (Å²) in [5.41, 5.74) is 2.25. The summed E-state index contributed by atoms with van der Waals surface area (Å²) in [6, 6.07) is 7.87. The summed E-state index contributed by atoms with van der Waals surface area (Å²) in [7, 11) is 0. The van der Waals surface area contributed by atoms with E-state index >= 15 is 0 Å². The van der Waals surface area contributed by atoms with E-state index in [1.165, 1.54) is 5.56 Å². The van der Waals surface area contributed by atoms with Crippen LogP contribution in [0.2, 0.25) is 5.02 Å². The molecule has 0 unspecified atom stereocenters. The van der Waals surface area contributed by atoms with Crippen molar-refractivity contribution >= 4 is 17.3 Å². The van der Waals surface area contributed by atoms with Crippen LogP contribution in [-0.4, -0.2) is 34.3 Å². The molecule has 0 aliphatic rings. The third-order valence-electron chi connectivity index (χ3n) is 3.58. The van der Waals surface area contributed by atoms with Crippen LogP contribution >= 0.6 is 11.6 Å². The molecule has 2 rings (SSSR count). The first-order valence-electron chi connectivity index (χ1n) is 7.44. The van der Waals surface area contributed by atoms with Gasteiger partial charge in [-0.3, -0.25) is 4.68 Å². The largest absolute Gasteiger partial charge is 0.378 e. The number of rotatable bonds is 8. The second-order valence-electron chi connectivity index (χ2n) is 5.00. The minimum Gasteiger partial charge on any atom is -0.378 e. The predicted molar refractivity (Wildman–Crippen MR) is 88.8 cm³/mol. The van der Waals surface area contributed by atoms with Crippen LogP contribution < -0.4 is 5.32 Å². The molecular formula is C16H23ClN4. The van der Waals surface area contributed by atoms with Gasteiger partial charge < -0.3 is 10.2 Å². The molecule has 1 heterocycles. The Morgan fingerprint density at radius 3 is 2.57 bits per heavy atom.